The molecule has 31 heavy (non-hydrogen) atoms. The van der Waals surface area contributed by atoms with Gasteiger partial charge in [-0.2, -0.15) is 5.10 Å². The Hall–Kier alpha value is -4.26. The Labute approximate surface area is 179 Å². The Bertz CT molecular complexity index is 1170. The predicted molar refractivity (Wildman–Crippen MR) is 121 cm³/mol. The van der Waals surface area contributed by atoms with E-state index in [4.69, 9.17) is 4.74 Å². The van der Waals surface area contributed by atoms with Gasteiger partial charge in [0.1, 0.15) is 12.3 Å². The molecule has 1 heterocycles. The van der Waals surface area contributed by atoms with E-state index in [1.807, 2.05) is 54.6 Å². The van der Waals surface area contributed by atoms with Gasteiger partial charge in [0.15, 0.2) is 5.71 Å². The van der Waals surface area contributed by atoms with Crippen molar-refractivity contribution in [2.24, 2.45) is 10.2 Å². The summed E-state index contributed by atoms with van der Waals surface area (Å²) >= 11 is 0. The molecule has 0 saturated heterocycles. The Morgan fingerprint density at radius 2 is 1.71 bits per heavy atom. The number of hydrogen-bond donors (Lipinski definition) is 1. The van der Waals surface area contributed by atoms with E-state index < -0.39 is 0 Å². The molecule has 0 aromatic heterocycles. The lowest BCUT2D eigenvalue weighted by atomic mass is 10.1. The van der Waals surface area contributed by atoms with Gasteiger partial charge in [0.2, 0.25) is 5.91 Å². The van der Waals surface area contributed by atoms with E-state index in [1.54, 1.807) is 31.4 Å². The molecule has 3 aromatic carbocycles. The lowest BCUT2D eigenvalue weighted by molar-refractivity contribution is -0.118. The van der Waals surface area contributed by atoms with E-state index in [0.29, 0.717) is 22.7 Å². The number of methoxy groups -OCH3 is 1. The average molecular weight is 412 g/mol. The fourth-order valence-corrected chi connectivity index (χ4v) is 3.30. The minimum atomic E-state index is -0.374. The number of hydrogen-bond acceptors (Lipinski definition) is 5. The number of carbonyl (C=O) groups excluding carboxylic acids is 2. The Morgan fingerprint density at radius 1 is 1.00 bits per heavy atom. The minimum absolute atomic E-state index is 0.125. The van der Waals surface area contributed by atoms with Crippen molar-refractivity contribution < 1.29 is 14.3 Å². The van der Waals surface area contributed by atoms with Crippen LogP contribution in [-0.4, -0.2) is 37.4 Å². The van der Waals surface area contributed by atoms with Crippen LogP contribution in [-0.2, 0) is 9.59 Å². The summed E-state index contributed by atoms with van der Waals surface area (Å²) in [5.74, 6) is -0.0153. The summed E-state index contributed by atoms with van der Waals surface area (Å²) in [6.45, 7) is -0.125. The number of carbonyl (C=O) groups is 2. The summed E-state index contributed by atoms with van der Waals surface area (Å²) in [5.41, 5.74) is 2.86. The number of benzene rings is 3. The molecule has 0 radical (unpaired) electrons. The van der Waals surface area contributed by atoms with Crippen molar-refractivity contribution in [3.05, 3.63) is 90.0 Å². The van der Waals surface area contributed by atoms with Gasteiger partial charge in [-0.15, -0.1) is 5.10 Å². The molecule has 2 amide bonds. The van der Waals surface area contributed by atoms with E-state index in [0.717, 1.165) is 5.56 Å². The second kappa shape index (κ2) is 9.04. The highest BCUT2D eigenvalue weighted by atomic mass is 16.5. The summed E-state index contributed by atoms with van der Waals surface area (Å²) in [5, 5.41) is 11.1. The highest BCUT2D eigenvalue weighted by Gasteiger charge is 2.35. The zero-order chi connectivity index (χ0) is 21.6. The molecule has 0 bridgehead atoms. The number of nitrogens with zero attached hydrogens (tertiary/aromatic N) is 3. The van der Waals surface area contributed by atoms with E-state index in [-0.39, 0.29) is 24.1 Å². The molecule has 0 unspecified atom stereocenters. The fraction of sp³-hybridized carbons (Fsp3) is 0.0833. The molecule has 0 aliphatic carbocycles. The first-order valence-electron chi connectivity index (χ1n) is 9.67. The van der Waals surface area contributed by atoms with Crippen LogP contribution in [0, 0.1) is 0 Å². The first-order chi connectivity index (χ1) is 15.2. The second-order valence-corrected chi connectivity index (χ2v) is 6.76. The van der Waals surface area contributed by atoms with Gasteiger partial charge in [-0.25, -0.2) is 0 Å². The molecule has 1 aliphatic rings. The molecular weight excluding hydrogens is 392 g/mol. The van der Waals surface area contributed by atoms with E-state index in [1.165, 1.54) is 11.1 Å². The van der Waals surface area contributed by atoms with Gasteiger partial charge in [-0.3, -0.25) is 14.5 Å². The number of amides is 2. The van der Waals surface area contributed by atoms with Crippen molar-refractivity contribution in [1.82, 2.24) is 0 Å². The molecule has 4 rings (SSSR count). The maximum Gasteiger partial charge on any atom is 0.279 e. The Kier molecular flexibility index (Phi) is 5.84. The van der Waals surface area contributed by atoms with Crippen molar-refractivity contribution in [1.29, 1.82) is 0 Å². The standard InChI is InChI=1S/C24H20N4O3/c1-31-21-14-8-5-9-17(21)15-25-27-23-19-12-6-7-13-20(19)28(24(23)30)16-22(29)26-18-10-3-2-4-11-18/h2-15H,16H2,1H3,(H,26,29). The van der Waals surface area contributed by atoms with E-state index in [2.05, 4.69) is 15.5 Å². The Balaban J connectivity index is 1.56. The third kappa shape index (κ3) is 4.35. The van der Waals surface area contributed by atoms with Crippen LogP contribution in [0.2, 0.25) is 0 Å². The van der Waals surface area contributed by atoms with Crippen LogP contribution in [0.15, 0.2) is 89.1 Å². The minimum Gasteiger partial charge on any atom is -0.496 e. The Morgan fingerprint density at radius 3 is 2.52 bits per heavy atom. The average Bonchev–Trinajstić information content (AvgIpc) is 3.06. The quantitative estimate of drug-likeness (QED) is 0.497. The molecule has 0 fully saturated rings. The van der Waals surface area contributed by atoms with Gasteiger partial charge < -0.3 is 10.1 Å². The molecular formula is C24H20N4O3. The number of para-hydroxylation sites is 3. The number of ether oxygens (including phenoxy) is 1. The largest absolute Gasteiger partial charge is 0.496 e. The van der Waals surface area contributed by atoms with Crippen molar-refractivity contribution in [2.45, 2.75) is 0 Å². The van der Waals surface area contributed by atoms with Crippen molar-refractivity contribution in [2.75, 3.05) is 23.9 Å². The summed E-state index contributed by atoms with van der Waals surface area (Å²) < 4.78 is 5.30. The summed E-state index contributed by atoms with van der Waals surface area (Å²) in [6, 6.07) is 23.7. The summed E-state index contributed by atoms with van der Waals surface area (Å²) in [6.07, 6.45) is 1.53. The van der Waals surface area contributed by atoms with Gasteiger partial charge in [-0.05, 0) is 30.3 Å². The smallest absolute Gasteiger partial charge is 0.279 e. The van der Waals surface area contributed by atoms with Crippen LogP contribution < -0.4 is 15.0 Å². The van der Waals surface area contributed by atoms with Gasteiger partial charge in [0.05, 0.1) is 19.0 Å². The third-order valence-corrected chi connectivity index (χ3v) is 4.75. The van der Waals surface area contributed by atoms with Crippen LogP contribution in [0.5, 0.6) is 5.75 Å². The van der Waals surface area contributed by atoms with Crippen molar-refractivity contribution >= 4 is 35.1 Å². The highest BCUT2D eigenvalue weighted by molar-refractivity contribution is 6.54. The van der Waals surface area contributed by atoms with Gasteiger partial charge in [0.25, 0.3) is 5.91 Å². The number of rotatable bonds is 6. The fourth-order valence-electron chi connectivity index (χ4n) is 3.30. The molecule has 154 valence electrons. The molecule has 3 aromatic rings. The molecule has 0 atom stereocenters. The number of anilines is 2. The molecule has 0 saturated carbocycles. The normalized spacial score (nSPS) is 14.2. The molecule has 7 nitrogen and oxygen atoms in total. The van der Waals surface area contributed by atoms with Gasteiger partial charge >= 0.3 is 0 Å². The summed E-state index contributed by atoms with van der Waals surface area (Å²) in [7, 11) is 1.58. The number of fused-ring (bicyclic) bond motifs is 1. The monoisotopic (exact) mass is 412 g/mol. The first kappa shape index (κ1) is 20.0. The predicted octanol–water partition coefficient (Wildman–Crippen LogP) is 3.50. The highest BCUT2D eigenvalue weighted by Crippen LogP contribution is 2.29. The number of nitrogens with one attached hydrogen (secondary N) is 1. The first-order valence-corrected chi connectivity index (χ1v) is 9.67. The third-order valence-electron chi connectivity index (χ3n) is 4.75. The molecule has 1 N–H and O–H groups in total. The van der Waals surface area contributed by atoms with Crippen LogP contribution in [0.4, 0.5) is 11.4 Å². The molecule has 0 spiro atoms. The van der Waals surface area contributed by atoms with Crippen LogP contribution in [0.25, 0.3) is 0 Å². The van der Waals surface area contributed by atoms with Crippen LogP contribution in [0.1, 0.15) is 11.1 Å². The van der Waals surface area contributed by atoms with Gasteiger partial charge in [0, 0.05) is 16.8 Å². The van der Waals surface area contributed by atoms with Gasteiger partial charge in [-0.1, -0.05) is 48.5 Å². The SMILES string of the molecule is COc1ccccc1C=NN=C1C(=O)N(CC(=O)Nc2ccccc2)c2ccccc21. The van der Waals surface area contributed by atoms with Crippen LogP contribution in [0.3, 0.4) is 0 Å². The topological polar surface area (TPSA) is 83.4 Å². The zero-order valence-corrected chi connectivity index (χ0v) is 16.9. The second-order valence-electron chi connectivity index (χ2n) is 6.76. The van der Waals surface area contributed by atoms with E-state index >= 15 is 0 Å². The molecule has 1 aliphatic heterocycles. The maximum atomic E-state index is 13.0. The van der Waals surface area contributed by atoms with E-state index in [9.17, 15) is 9.59 Å². The van der Waals surface area contributed by atoms with Crippen molar-refractivity contribution in [3.8, 4) is 5.75 Å². The zero-order valence-electron chi connectivity index (χ0n) is 16.9. The lowest BCUT2D eigenvalue weighted by Crippen LogP contribution is -2.37. The lowest BCUT2D eigenvalue weighted by Gasteiger charge is -2.16. The summed E-state index contributed by atoms with van der Waals surface area (Å²) in [4.78, 5) is 27.0. The maximum absolute atomic E-state index is 13.0. The van der Waals surface area contributed by atoms with Crippen LogP contribution >= 0.6 is 0 Å². The molecule has 7 heteroatoms. The van der Waals surface area contributed by atoms with Crippen molar-refractivity contribution in [3.63, 3.8) is 0 Å².